The first-order valence-electron chi connectivity index (χ1n) is 9.14. The monoisotopic (exact) mass is 374 g/mol. The molecule has 0 unspecified atom stereocenters. The number of aromatic amines is 1. The molecule has 0 spiro atoms. The summed E-state index contributed by atoms with van der Waals surface area (Å²) >= 11 is 0. The van der Waals surface area contributed by atoms with Gasteiger partial charge in [-0.2, -0.15) is 4.98 Å². The summed E-state index contributed by atoms with van der Waals surface area (Å²) in [6, 6.07) is 14.0. The molecule has 1 aliphatic rings. The van der Waals surface area contributed by atoms with E-state index in [4.69, 9.17) is 8.94 Å². The fourth-order valence-corrected chi connectivity index (χ4v) is 3.54. The molecule has 28 heavy (non-hydrogen) atoms. The molecule has 1 aromatic carbocycles. The first-order chi connectivity index (χ1) is 13.8. The van der Waals surface area contributed by atoms with Crippen LogP contribution in [0.25, 0.3) is 22.8 Å². The van der Waals surface area contributed by atoms with E-state index in [9.17, 15) is 4.79 Å². The summed E-state index contributed by atoms with van der Waals surface area (Å²) in [7, 11) is 0. The lowest BCUT2D eigenvalue weighted by molar-refractivity contribution is 0.243. The first-order valence-corrected chi connectivity index (χ1v) is 9.14. The molecule has 5 rings (SSSR count). The van der Waals surface area contributed by atoms with Crippen molar-refractivity contribution in [3.63, 3.8) is 0 Å². The Kier molecular flexibility index (Phi) is 4.14. The van der Waals surface area contributed by atoms with Crippen LogP contribution >= 0.6 is 0 Å². The number of hydrogen-bond donors (Lipinski definition) is 1. The van der Waals surface area contributed by atoms with Gasteiger partial charge in [0.25, 0.3) is 11.4 Å². The first kappa shape index (κ1) is 16.7. The number of hydrogen-bond acceptors (Lipinski definition) is 6. The maximum Gasteiger partial charge on any atom is 0.261 e. The molecule has 140 valence electrons. The van der Waals surface area contributed by atoms with E-state index >= 15 is 0 Å². The molecule has 0 atom stereocenters. The highest BCUT2D eigenvalue weighted by Gasteiger charge is 2.21. The number of H-pyrrole nitrogens is 1. The molecule has 4 heterocycles. The van der Waals surface area contributed by atoms with E-state index in [1.54, 1.807) is 6.07 Å². The Morgan fingerprint density at radius 1 is 1.18 bits per heavy atom. The smallest absolute Gasteiger partial charge is 0.261 e. The highest BCUT2D eigenvalue weighted by atomic mass is 16.5. The lowest BCUT2D eigenvalue weighted by Gasteiger charge is -2.28. The van der Waals surface area contributed by atoms with Crippen LogP contribution in [-0.4, -0.2) is 26.6 Å². The van der Waals surface area contributed by atoms with Gasteiger partial charge in [0, 0.05) is 31.7 Å². The number of pyridine rings is 1. The Morgan fingerprint density at radius 2 is 2.07 bits per heavy atom. The maximum absolute atomic E-state index is 12.6. The molecular weight excluding hydrogens is 356 g/mol. The van der Waals surface area contributed by atoms with Crippen LogP contribution in [0, 0.1) is 0 Å². The third kappa shape index (κ3) is 3.16. The fourth-order valence-electron chi connectivity index (χ4n) is 3.54. The highest BCUT2D eigenvalue weighted by molar-refractivity contribution is 5.59. The van der Waals surface area contributed by atoms with Gasteiger partial charge in [0.2, 0.25) is 5.82 Å². The van der Waals surface area contributed by atoms with Gasteiger partial charge in [-0.1, -0.05) is 35.5 Å². The molecule has 7 nitrogen and oxygen atoms in total. The lowest BCUT2D eigenvalue weighted by Crippen LogP contribution is -2.32. The Balaban J connectivity index is 1.43. The summed E-state index contributed by atoms with van der Waals surface area (Å²) in [4.78, 5) is 22.3. The van der Waals surface area contributed by atoms with E-state index in [0.717, 1.165) is 37.3 Å². The van der Waals surface area contributed by atoms with Crippen LogP contribution in [0.1, 0.15) is 16.8 Å². The number of fused-ring (bicyclic) bond motifs is 1. The number of furan rings is 1. The largest absolute Gasteiger partial charge is 0.472 e. The van der Waals surface area contributed by atoms with Gasteiger partial charge in [-0.05, 0) is 23.3 Å². The molecule has 7 heteroatoms. The van der Waals surface area contributed by atoms with Crippen LogP contribution in [0.2, 0.25) is 0 Å². The van der Waals surface area contributed by atoms with Crippen LogP contribution in [0.4, 0.5) is 0 Å². The van der Waals surface area contributed by atoms with Gasteiger partial charge in [-0.15, -0.1) is 0 Å². The summed E-state index contributed by atoms with van der Waals surface area (Å²) < 4.78 is 10.3. The van der Waals surface area contributed by atoms with Crippen molar-refractivity contribution in [2.24, 2.45) is 0 Å². The van der Waals surface area contributed by atoms with Gasteiger partial charge in [-0.3, -0.25) is 9.69 Å². The quantitative estimate of drug-likeness (QED) is 0.590. The zero-order chi connectivity index (χ0) is 18.9. The van der Waals surface area contributed by atoms with E-state index in [1.807, 2.05) is 12.1 Å². The average molecular weight is 374 g/mol. The predicted octanol–water partition coefficient (Wildman–Crippen LogP) is 3.24. The second-order valence-electron chi connectivity index (χ2n) is 6.90. The van der Waals surface area contributed by atoms with Gasteiger partial charge >= 0.3 is 0 Å². The van der Waals surface area contributed by atoms with Crippen LogP contribution in [0.5, 0.6) is 0 Å². The van der Waals surface area contributed by atoms with Crippen molar-refractivity contribution in [2.75, 3.05) is 6.54 Å². The molecule has 3 aromatic heterocycles. The maximum atomic E-state index is 12.6. The summed E-state index contributed by atoms with van der Waals surface area (Å²) in [5.74, 6) is 0.604. The van der Waals surface area contributed by atoms with Crippen molar-refractivity contribution in [3.8, 4) is 22.8 Å². The van der Waals surface area contributed by atoms with Crippen molar-refractivity contribution < 1.29 is 8.94 Å². The molecule has 0 radical (unpaired) electrons. The van der Waals surface area contributed by atoms with Crippen molar-refractivity contribution in [3.05, 3.63) is 82.2 Å². The van der Waals surface area contributed by atoms with Crippen molar-refractivity contribution in [2.45, 2.75) is 19.5 Å². The normalized spacial score (nSPS) is 14.1. The lowest BCUT2D eigenvalue weighted by atomic mass is 10.0. The zero-order valence-corrected chi connectivity index (χ0v) is 15.1. The molecule has 0 saturated heterocycles. The molecule has 4 aromatic rings. The fraction of sp³-hybridized carbons (Fsp3) is 0.190. The van der Waals surface area contributed by atoms with Crippen LogP contribution in [0.15, 0.2) is 68.7 Å². The Labute approximate surface area is 160 Å². The van der Waals surface area contributed by atoms with Gasteiger partial charge < -0.3 is 13.9 Å². The second-order valence-corrected chi connectivity index (χ2v) is 6.90. The van der Waals surface area contributed by atoms with Crippen molar-refractivity contribution in [1.82, 2.24) is 20.0 Å². The number of benzene rings is 1. The SMILES string of the molecule is O=c1[nH]c2c(cc1-c1noc(-c3ccoc3)n1)CN(Cc1ccccc1)CC2. The van der Waals surface area contributed by atoms with E-state index in [2.05, 4.69) is 44.3 Å². The molecule has 1 N–H and O–H groups in total. The minimum atomic E-state index is -0.199. The van der Waals surface area contributed by atoms with E-state index in [0.29, 0.717) is 17.0 Å². The van der Waals surface area contributed by atoms with Crippen LogP contribution in [-0.2, 0) is 19.5 Å². The molecule has 0 amide bonds. The van der Waals surface area contributed by atoms with E-state index < -0.39 is 0 Å². The number of rotatable bonds is 4. The third-order valence-corrected chi connectivity index (χ3v) is 4.97. The standard InChI is InChI=1S/C21H18N4O3/c26-20-17(19-23-21(28-24-19)15-7-9-27-13-15)10-16-12-25(8-6-18(16)22-20)11-14-4-2-1-3-5-14/h1-5,7,9-10,13H,6,8,11-12H2,(H,22,26). The number of nitrogens with zero attached hydrogens (tertiary/aromatic N) is 3. The molecule has 0 saturated carbocycles. The number of aromatic nitrogens is 3. The number of nitrogens with one attached hydrogen (secondary N) is 1. The molecule has 0 aliphatic carbocycles. The minimum absolute atomic E-state index is 0.199. The Hall–Kier alpha value is -3.45. The highest BCUT2D eigenvalue weighted by Crippen LogP contribution is 2.24. The summed E-state index contributed by atoms with van der Waals surface area (Å²) in [6.45, 7) is 2.55. The summed E-state index contributed by atoms with van der Waals surface area (Å²) in [5, 5.41) is 3.98. The topological polar surface area (TPSA) is 88.2 Å². The second kappa shape index (κ2) is 6.94. The van der Waals surface area contributed by atoms with E-state index in [-0.39, 0.29) is 11.4 Å². The predicted molar refractivity (Wildman–Crippen MR) is 102 cm³/mol. The molecular formula is C21H18N4O3. The molecule has 0 bridgehead atoms. The third-order valence-electron chi connectivity index (χ3n) is 4.97. The van der Waals surface area contributed by atoms with Gasteiger partial charge in [-0.25, -0.2) is 0 Å². The zero-order valence-electron chi connectivity index (χ0n) is 15.1. The van der Waals surface area contributed by atoms with Crippen molar-refractivity contribution in [1.29, 1.82) is 0 Å². The van der Waals surface area contributed by atoms with Crippen LogP contribution < -0.4 is 5.56 Å². The summed E-state index contributed by atoms with van der Waals surface area (Å²) in [6.07, 6.45) is 3.87. The molecule has 0 fully saturated rings. The molecule has 1 aliphatic heterocycles. The van der Waals surface area contributed by atoms with E-state index in [1.165, 1.54) is 18.1 Å². The Morgan fingerprint density at radius 3 is 2.89 bits per heavy atom. The average Bonchev–Trinajstić information content (AvgIpc) is 3.40. The van der Waals surface area contributed by atoms with Crippen LogP contribution in [0.3, 0.4) is 0 Å². The van der Waals surface area contributed by atoms with Crippen molar-refractivity contribution >= 4 is 0 Å². The Bertz CT molecular complexity index is 1150. The summed E-state index contributed by atoms with van der Waals surface area (Å²) in [5.41, 5.74) is 4.25. The minimum Gasteiger partial charge on any atom is -0.472 e. The van der Waals surface area contributed by atoms with Gasteiger partial charge in [0.1, 0.15) is 6.26 Å². The van der Waals surface area contributed by atoms with Gasteiger partial charge in [0.05, 0.1) is 17.4 Å². The van der Waals surface area contributed by atoms with Gasteiger partial charge in [0.15, 0.2) is 0 Å².